The topological polar surface area (TPSA) is 20.2 Å². The molecule has 0 saturated heterocycles. The fourth-order valence-corrected chi connectivity index (χ4v) is 4.22. The summed E-state index contributed by atoms with van der Waals surface area (Å²) in [5.41, 5.74) is 1.03. The van der Waals surface area contributed by atoms with Crippen molar-refractivity contribution in [1.82, 2.24) is 0 Å². The van der Waals surface area contributed by atoms with E-state index >= 15 is 0 Å². The van der Waals surface area contributed by atoms with Crippen molar-refractivity contribution in [3.63, 3.8) is 0 Å². The largest absolute Gasteiger partial charge is 0.392 e. The Bertz CT molecular complexity index is 351. The number of aliphatic hydroxyl groups is 1. The van der Waals surface area contributed by atoms with Gasteiger partial charge in [-0.15, -0.1) is 11.8 Å². The lowest BCUT2D eigenvalue weighted by Gasteiger charge is -2.30. The van der Waals surface area contributed by atoms with E-state index in [2.05, 4.69) is 25.1 Å². The Morgan fingerprint density at radius 3 is 2.88 bits per heavy atom. The van der Waals surface area contributed by atoms with E-state index in [1.54, 1.807) is 0 Å². The summed E-state index contributed by atoms with van der Waals surface area (Å²) >= 11 is 2.02. The minimum Gasteiger partial charge on any atom is -0.392 e. The van der Waals surface area contributed by atoms with Gasteiger partial charge in [0.05, 0.1) is 6.61 Å². The molecular weight excluding hydrogens is 228 g/mol. The number of benzene rings is 1. The summed E-state index contributed by atoms with van der Waals surface area (Å²) in [5, 5.41) is 9.94. The molecule has 94 valence electrons. The number of rotatable bonds is 4. The van der Waals surface area contributed by atoms with Crippen molar-refractivity contribution in [1.29, 1.82) is 0 Å². The highest BCUT2D eigenvalue weighted by molar-refractivity contribution is 8.00. The van der Waals surface area contributed by atoms with Gasteiger partial charge >= 0.3 is 0 Å². The summed E-state index contributed by atoms with van der Waals surface area (Å²) in [6.45, 7) is 2.46. The summed E-state index contributed by atoms with van der Waals surface area (Å²) in [4.78, 5) is 1.32. The second kappa shape index (κ2) is 6.46. The number of hydrogen-bond acceptors (Lipinski definition) is 2. The van der Waals surface area contributed by atoms with Crippen molar-refractivity contribution in [2.75, 3.05) is 0 Å². The molecule has 0 bridgehead atoms. The zero-order valence-corrected chi connectivity index (χ0v) is 11.4. The van der Waals surface area contributed by atoms with Gasteiger partial charge in [0.1, 0.15) is 0 Å². The molecule has 2 heteroatoms. The molecule has 0 amide bonds. The van der Waals surface area contributed by atoms with Crippen LogP contribution in [-0.2, 0) is 6.61 Å². The maximum Gasteiger partial charge on any atom is 0.0682 e. The van der Waals surface area contributed by atoms with Gasteiger partial charge in [-0.25, -0.2) is 0 Å². The van der Waals surface area contributed by atoms with Gasteiger partial charge in [-0.3, -0.25) is 0 Å². The minimum atomic E-state index is 0.149. The fraction of sp³-hybridized carbons (Fsp3) is 0.600. The molecule has 0 radical (unpaired) electrons. The third-order valence-electron chi connectivity index (χ3n) is 3.73. The van der Waals surface area contributed by atoms with Crippen molar-refractivity contribution in [3.8, 4) is 0 Å². The Morgan fingerprint density at radius 1 is 1.29 bits per heavy atom. The molecule has 1 aliphatic carbocycles. The van der Waals surface area contributed by atoms with Crippen molar-refractivity contribution < 1.29 is 5.11 Å². The first-order valence-electron chi connectivity index (χ1n) is 6.70. The van der Waals surface area contributed by atoms with Crippen LogP contribution >= 0.6 is 11.8 Å². The van der Waals surface area contributed by atoms with Gasteiger partial charge in [0, 0.05) is 10.1 Å². The number of aliphatic hydroxyl groups excluding tert-OH is 1. The Labute approximate surface area is 109 Å². The van der Waals surface area contributed by atoms with Crippen molar-refractivity contribution in [2.24, 2.45) is 5.92 Å². The third-order valence-corrected chi connectivity index (χ3v) is 5.18. The summed E-state index contributed by atoms with van der Waals surface area (Å²) in [5.74, 6) is 0.881. The van der Waals surface area contributed by atoms with Crippen LogP contribution in [0.5, 0.6) is 0 Å². The summed E-state index contributed by atoms with van der Waals surface area (Å²) in [6.07, 6.45) is 6.85. The van der Waals surface area contributed by atoms with Crippen LogP contribution < -0.4 is 0 Å². The molecule has 1 saturated carbocycles. The lowest BCUT2D eigenvalue weighted by molar-refractivity contribution is 0.281. The Balaban J connectivity index is 2.02. The van der Waals surface area contributed by atoms with Crippen LogP contribution in [0.2, 0.25) is 0 Å². The van der Waals surface area contributed by atoms with Gasteiger partial charge in [-0.2, -0.15) is 0 Å². The maximum atomic E-state index is 9.16. The van der Waals surface area contributed by atoms with E-state index in [0.29, 0.717) is 0 Å². The molecule has 1 aromatic carbocycles. The highest BCUT2D eigenvalue weighted by Crippen LogP contribution is 2.39. The first kappa shape index (κ1) is 13.0. The van der Waals surface area contributed by atoms with E-state index < -0.39 is 0 Å². The molecule has 0 aromatic heterocycles. The van der Waals surface area contributed by atoms with Crippen molar-refractivity contribution in [3.05, 3.63) is 29.8 Å². The van der Waals surface area contributed by atoms with Crippen LogP contribution in [0.25, 0.3) is 0 Å². The van der Waals surface area contributed by atoms with E-state index in [4.69, 9.17) is 5.11 Å². The van der Waals surface area contributed by atoms with Gasteiger partial charge in [-0.1, -0.05) is 38.3 Å². The van der Waals surface area contributed by atoms with Gasteiger partial charge < -0.3 is 5.11 Å². The van der Waals surface area contributed by atoms with Gasteiger partial charge in [0.25, 0.3) is 0 Å². The molecule has 1 aromatic rings. The first-order chi connectivity index (χ1) is 8.33. The first-order valence-corrected chi connectivity index (χ1v) is 7.58. The monoisotopic (exact) mass is 250 g/mol. The van der Waals surface area contributed by atoms with Gasteiger partial charge in [0.2, 0.25) is 0 Å². The average molecular weight is 250 g/mol. The van der Waals surface area contributed by atoms with Crippen LogP contribution in [0.15, 0.2) is 29.2 Å². The standard InChI is InChI=1S/C15H22OS/c1-2-13-7-3-4-9-15(13)17-14-8-5-6-12(10-14)11-16/h5-6,8,10,13,15-16H,2-4,7,9,11H2,1H3. The van der Waals surface area contributed by atoms with Crippen LogP contribution in [0, 0.1) is 5.92 Å². The fourth-order valence-electron chi connectivity index (χ4n) is 2.69. The molecular formula is C15H22OS. The van der Waals surface area contributed by atoms with Crippen LogP contribution in [0.1, 0.15) is 44.6 Å². The Morgan fingerprint density at radius 2 is 2.12 bits per heavy atom. The normalized spacial score (nSPS) is 24.8. The lowest BCUT2D eigenvalue weighted by Crippen LogP contribution is -2.21. The molecule has 1 fully saturated rings. The van der Waals surface area contributed by atoms with E-state index in [1.165, 1.54) is 37.0 Å². The zero-order valence-electron chi connectivity index (χ0n) is 10.6. The molecule has 0 heterocycles. The molecule has 1 nitrogen and oxygen atoms in total. The highest BCUT2D eigenvalue weighted by Gasteiger charge is 2.24. The molecule has 1 aliphatic rings. The molecule has 0 aliphatic heterocycles. The predicted molar refractivity (Wildman–Crippen MR) is 74.3 cm³/mol. The van der Waals surface area contributed by atoms with Gasteiger partial charge in [-0.05, 0) is 36.5 Å². The molecule has 1 N–H and O–H groups in total. The quantitative estimate of drug-likeness (QED) is 0.862. The van der Waals surface area contributed by atoms with Gasteiger partial charge in [0.15, 0.2) is 0 Å². The molecule has 2 unspecified atom stereocenters. The molecule has 17 heavy (non-hydrogen) atoms. The summed E-state index contributed by atoms with van der Waals surface area (Å²) in [7, 11) is 0. The van der Waals surface area contributed by atoms with E-state index in [1.807, 2.05) is 17.8 Å². The zero-order chi connectivity index (χ0) is 12.1. The molecule has 0 spiro atoms. The van der Waals surface area contributed by atoms with Crippen molar-refractivity contribution in [2.45, 2.75) is 55.8 Å². The molecule has 2 rings (SSSR count). The average Bonchev–Trinajstić information content (AvgIpc) is 2.39. The van der Waals surface area contributed by atoms with E-state index in [0.717, 1.165) is 16.7 Å². The SMILES string of the molecule is CCC1CCCCC1Sc1cccc(CO)c1. The van der Waals surface area contributed by atoms with Crippen LogP contribution in [0.4, 0.5) is 0 Å². The molecule has 2 atom stereocenters. The number of thioether (sulfide) groups is 1. The lowest BCUT2D eigenvalue weighted by atomic mass is 9.87. The van der Waals surface area contributed by atoms with Crippen LogP contribution in [-0.4, -0.2) is 10.4 Å². The highest BCUT2D eigenvalue weighted by atomic mass is 32.2. The Kier molecular flexibility index (Phi) is 4.93. The summed E-state index contributed by atoms with van der Waals surface area (Å²) in [6, 6.07) is 8.34. The summed E-state index contributed by atoms with van der Waals surface area (Å²) < 4.78 is 0. The van der Waals surface area contributed by atoms with E-state index in [9.17, 15) is 0 Å². The van der Waals surface area contributed by atoms with Crippen LogP contribution in [0.3, 0.4) is 0 Å². The van der Waals surface area contributed by atoms with Crippen molar-refractivity contribution >= 4 is 11.8 Å². The smallest absolute Gasteiger partial charge is 0.0682 e. The second-order valence-electron chi connectivity index (χ2n) is 4.91. The number of hydrogen-bond donors (Lipinski definition) is 1. The predicted octanol–water partition coefficient (Wildman–Crippen LogP) is 4.24. The minimum absolute atomic E-state index is 0.149. The van der Waals surface area contributed by atoms with E-state index in [-0.39, 0.29) is 6.61 Å². The maximum absolute atomic E-state index is 9.16. The Hall–Kier alpha value is -0.470. The third kappa shape index (κ3) is 3.49. The second-order valence-corrected chi connectivity index (χ2v) is 6.23.